The summed E-state index contributed by atoms with van der Waals surface area (Å²) in [7, 11) is 0. The van der Waals surface area contributed by atoms with Gasteiger partial charge in [-0.3, -0.25) is 0 Å². The van der Waals surface area contributed by atoms with E-state index in [2.05, 4.69) is 13.8 Å². The summed E-state index contributed by atoms with van der Waals surface area (Å²) < 4.78 is 10.1. The van der Waals surface area contributed by atoms with Crippen LogP contribution in [0.3, 0.4) is 0 Å². The van der Waals surface area contributed by atoms with E-state index in [1.807, 2.05) is 0 Å². The molecule has 0 aliphatic rings. The van der Waals surface area contributed by atoms with Crippen molar-refractivity contribution in [3.8, 4) is 0 Å². The predicted molar refractivity (Wildman–Crippen MR) is 93.9 cm³/mol. The third-order valence-corrected chi connectivity index (χ3v) is 5.17. The first-order chi connectivity index (χ1) is 11.2. The number of rotatable bonds is 16. The van der Waals surface area contributed by atoms with Gasteiger partial charge in [0.2, 0.25) is 0 Å². The van der Waals surface area contributed by atoms with Gasteiger partial charge in [0.1, 0.15) is 0 Å². The average molecular weight is 442 g/mol. The standard InChI is InChI=1S/C18H34O4Te/c1-3-5-7-9-11-13-15-17(19)21-23-22-18(20)16-14-12-10-8-6-4-2/h3-16H2,1-2H3. The first kappa shape index (κ1) is 22.7. The van der Waals surface area contributed by atoms with Crippen LogP contribution in [0.4, 0.5) is 0 Å². The van der Waals surface area contributed by atoms with Crippen molar-refractivity contribution < 1.29 is 15.8 Å². The summed E-state index contributed by atoms with van der Waals surface area (Å²) in [6.07, 6.45) is 14.7. The zero-order valence-electron chi connectivity index (χ0n) is 14.9. The van der Waals surface area contributed by atoms with Gasteiger partial charge in [-0.2, -0.15) is 0 Å². The topological polar surface area (TPSA) is 52.6 Å². The molecule has 0 bridgehead atoms. The van der Waals surface area contributed by atoms with Crippen molar-refractivity contribution in [1.82, 2.24) is 0 Å². The fraction of sp³-hybridized carbons (Fsp3) is 0.889. The molecule has 0 aromatic heterocycles. The molecule has 0 aromatic rings. The van der Waals surface area contributed by atoms with E-state index in [1.54, 1.807) is 0 Å². The van der Waals surface area contributed by atoms with Gasteiger partial charge in [-0.15, -0.1) is 0 Å². The summed E-state index contributed by atoms with van der Waals surface area (Å²) in [5.74, 6) is -0.425. The molecule has 0 atom stereocenters. The third kappa shape index (κ3) is 17.9. The Balaban J connectivity index is 3.33. The fourth-order valence-corrected chi connectivity index (χ4v) is 3.28. The van der Waals surface area contributed by atoms with Crippen LogP contribution >= 0.6 is 0 Å². The molecule has 0 saturated carbocycles. The molecular weight excluding hydrogens is 408 g/mol. The second kappa shape index (κ2) is 18.1. The number of carbonyl (C=O) groups is 2. The van der Waals surface area contributed by atoms with E-state index in [0.29, 0.717) is 12.8 Å². The molecule has 0 amide bonds. The molecule has 23 heavy (non-hydrogen) atoms. The normalized spacial score (nSPS) is 10.5. The van der Waals surface area contributed by atoms with Crippen LogP contribution in [0.2, 0.25) is 0 Å². The second-order valence-corrected chi connectivity index (χ2v) is 7.35. The number of unbranched alkanes of at least 4 members (excludes halogenated alkanes) is 10. The molecule has 0 aliphatic carbocycles. The van der Waals surface area contributed by atoms with Gasteiger partial charge in [0.25, 0.3) is 0 Å². The number of carbonyl (C=O) groups excluding carboxylic acids is 2. The Bertz CT molecular complexity index is 267. The van der Waals surface area contributed by atoms with Crippen molar-refractivity contribution in [3.63, 3.8) is 0 Å². The van der Waals surface area contributed by atoms with Crippen LogP contribution in [0.15, 0.2) is 0 Å². The van der Waals surface area contributed by atoms with Crippen LogP contribution in [0.1, 0.15) is 104 Å². The van der Waals surface area contributed by atoms with Gasteiger partial charge >= 0.3 is 153 Å². The predicted octanol–water partition coefficient (Wildman–Crippen LogP) is 5.11. The summed E-state index contributed by atoms with van der Waals surface area (Å²) in [5, 5.41) is 0. The minimum absolute atomic E-state index is 0.213. The molecule has 5 heteroatoms. The Hall–Kier alpha value is -0.270. The van der Waals surface area contributed by atoms with Gasteiger partial charge in [0.15, 0.2) is 0 Å². The maximum absolute atomic E-state index is 11.5. The molecule has 0 radical (unpaired) electrons. The van der Waals surface area contributed by atoms with Crippen molar-refractivity contribution >= 4 is 33.7 Å². The van der Waals surface area contributed by atoms with Crippen LogP contribution < -0.4 is 0 Å². The molecule has 0 spiro atoms. The van der Waals surface area contributed by atoms with Gasteiger partial charge in [-0.25, -0.2) is 0 Å². The zero-order valence-corrected chi connectivity index (χ0v) is 17.3. The summed E-state index contributed by atoms with van der Waals surface area (Å²) in [6, 6.07) is 0. The SMILES string of the molecule is CCCCCCCCC(=O)O[Te]OC(=O)CCCCCCCC. The molecule has 0 aliphatic heterocycles. The van der Waals surface area contributed by atoms with E-state index in [1.165, 1.54) is 51.4 Å². The van der Waals surface area contributed by atoms with Crippen molar-refractivity contribution in [2.24, 2.45) is 0 Å². The van der Waals surface area contributed by atoms with Crippen molar-refractivity contribution in [1.29, 1.82) is 0 Å². The van der Waals surface area contributed by atoms with Gasteiger partial charge in [-0.05, 0) is 0 Å². The van der Waals surface area contributed by atoms with Crippen LogP contribution in [0.25, 0.3) is 0 Å². The molecule has 0 saturated heterocycles. The van der Waals surface area contributed by atoms with E-state index in [-0.39, 0.29) is 11.9 Å². The number of hydrogen-bond donors (Lipinski definition) is 0. The van der Waals surface area contributed by atoms with E-state index in [9.17, 15) is 9.59 Å². The Kier molecular flexibility index (Phi) is 17.9. The van der Waals surface area contributed by atoms with E-state index >= 15 is 0 Å². The van der Waals surface area contributed by atoms with Crippen LogP contribution in [0, 0.1) is 0 Å². The third-order valence-electron chi connectivity index (χ3n) is 3.72. The summed E-state index contributed by atoms with van der Waals surface area (Å²) >= 11 is -1.40. The van der Waals surface area contributed by atoms with E-state index < -0.39 is 21.7 Å². The molecular formula is C18H34O4Te. The van der Waals surface area contributed by atoms with Crippen LogP contribution in [-0.2, 0) is 15.8 Å². The fourth-order valence-electron chi connectivity index (χ4n) is 2.28. The summed E-state index contributed by atoms with van der Waals surface area (Å²) in [5.41, 5.74) is 0. The van der Waals surface area contributed by atoms with Crippen molar-refractivity contribution in [2.75, 3.05) is 0 Å². The van der Waals surface area contributed by atoms with Crippen LogP contribution in [-0.4, -0.2) is 33.7 Å². The molecule has 0 fully saturated rings. The minimum atomic E-state index is -1.40. The van der Waals surface area contributed by atoms with Gasteiger partial charge in [-0.1, -0.05) is 0 Å². The Morgan fingerprint density at radius 3 is 1.35 bits per heavy atom. The quantitative estimate of drug-likeness (QED) is 0.247. The molecule has 136 valence electrons. The molecule has 4 nitrogen and oxygen atoms in total. The second-order valence-electron chi connectivity index (χ2n) is 6.01. The zero-order chi connectivity index (χ0) is 17.2. The van der Waals surface area contributed by atoms with Crippen LogP contribution in [0.5, 0.6) is 0 Å². The van der Waals surface area contributed by atoms with E-state index in [4.69, 9.17) is 6.20 Å². The van der Waals surface area contributed by atoms with Crippen molar-refractivity contribution in [2.45, 2.75) is 104 Å². The monoisotopic (exact) mass is 444 g/mol. The van der Waals surface area contributed by atoms with Gasteiger partial charge < -0.3 is 0 Å². The molecule has 0 rings (SSSR count). The average Bonchev–Trinajstić information content (AvgIpc) is 2.54. The van der Waals surface area contributed by atoms with Crippen molar-refractivity contribution in [3.05, 3.63) is 0 Å². The Labute approximate surface area is 153 Å². The first-order valence-electron chi connectivity index (χ1n) is 9.27. The number of hydrogen-bond acceptors (Lipinski definition) is 4. The molecule has 0 aromatic carbocycles. The van der Waals surface area contributed by atoms with E-state index in [0.717, 1.165) is 25.7 Å². The molecule has 0 unspecified atom stereocenters. The molecule has 0 heterocycles. The Morgan fingerprint density at radius 1 is 0.609 bits per heavy atom. The molecule has 0 N–H and O–H groups in total. The Morgan fingerprint density at radius 2 is 0.957 bits per heavy atom. The first-order valence-corrected chi connectivity index (χ1v) is 11.2. The summed E-state index contributed by atoms with van der Waals surface area (Å²) in [6.45, 7) is 4.38. The summed E-state index contributed by atoms with van der Waals surface area (Å²) in [4.78, 5) is 23.0. The van der Waals surface area contributed by atoms with Gasteiger partial charge in [0.05, 0.1) is 0 Å². The van der Waals surface area contributed by atoms with Gasteiger partial charge in [0, 0.05) is 0 Å². The maximum atomic E-state index is 11.5.